The first-order valence-corrected chi connectivity index (χ1v) is 6.11. The van der Waals surface area contributed by atoms with Crippen molar-refractivity contribution in [2.24, 2.45) is 5.92 Å². The van der Waals surface area contributed by atoms with Gasteiger partial charge in [0, 0.05) is 50.9 Å². The monoisotopic (exact) mass is 417 g/mol. The molecule has 0 N–H and O–H groups in total. The Bertz CT molecular complexity index is 526. The molecular weight excluding hydrogens is 400 g/mol. The van der Waals surface area contributed by atoms with Gasteiger partial charge in [0.25, 0.3) is 0 Å². The van der Waals surface area contributed by atoms with Crippen LogP contribution in [0, 0.1) is 5.92 Å². The van der Waals surface area contributed by atoms with Crippen molar-refractivity contribution < 1.29 is 20.4 Å². The van der Waals surface area contributed by atoms with E-state index in [4.69, 9.17) is 0 Å². The minimum atomic E-state index is 0. The van der Waals surface area contributed by atoms with Crippen LogP contribution in [-0.4, -0.2) is 27.7 Å². The zero-order chi connectivity index (χ0) is 11.8. The van der Waals surface area contributed by atoms with E-state index < -0.39 is 0 Å². The van der Waals surface area contributed by atoms with Crippen LogP contribution in [0.25, 0.3) is 11.0 Å². The van der Waals surface area contributed by atoms with E-state index in [-0.39, 0.29) is 20.4 Å². The molecule has 18 heavy (non-hydrogen) atoms. The molecule has 5 nitrogen and oxygen atoms in total. The first-order chi connectivity index (χ1) is 8.25. The topological polar surface area (TPSA) is 56.0 Å². The van der Waals surface area contributed by atoms with Gasteiger partial charge in [-0.1, -0.05) is 6.92 Å². The van der Waals surface area contributed by atoms with Crippen LogP contribution >= 0.6 is 0 Å². The van der Waals surface area contributed by atoms with Gasteiger partial charge < -0.3 is 15.0 Å². The van der Waals surface area contributed by atoms with Gasteiger partial charge in [-0.05, 0) is 31.3 Å². The normalized spacial score (nSPS) is 24.0. The molecular formula is C12H16N5Re-. The average Bonchev–Trinajstić information content (AvgIpc) is 2.80. The van der Waals surface area contributed by atoms with E-state index in [0.29, 0.717) is 17.6 Å². The summed E-state index contributed by atoms with van der Waals surface area (Å²) in [5.74, 6) is 1.70. The second-order valence-corrected chi connectivity index (χ2v) is 4.96. The summed E-state index contributed by atoms with van der Waals surface area (Å²) in [5, 5.41) is 8.88. The number of anilines is 1. The molecule has 2 aromatic rings. The molecule has 1 unspecified atom stereocenters. The third-order valence-corrected chi connectivity index (χ3v) is 3.57. The van der Waals surface area contributed by atoms with Crippen LogP contribution < -0.4 is 10.00 Å². The van der Waals surface area contributed by atoms with Crippen molar-refractivity contribution >= 4 is 16.9 Å². The molecule has 3 rings (SSSR count). The Hall–Kier alpha value is -0.988. The molecule has 2 aromatic heterocycles. The molecule has 0 saturated carbocycles. The molecule has 0 amide bonds. The molecule has 2 atom stereocenters. The number of aromatic nitrogens is 4. The van der Waals surface area contributed by atoms with Crippen LogP contribution in [-0.2, 0) is 20.4 Å². The molecule has 6 heteroatoms. The second kappa shape index (κ2) is 5.33. The minimum absolute atomic E-state index is 0. The summed E-state index contributed by atoms with van der Waals surface area (Å²) in [4.78, 5) is 10.9. The summed E-state index contributed by atoms with van der Waals surface area (Å²) < 4.78 is 0. The quantitative estimate of drug-likeness (QED) is 0.707. The van der Waals surface area contributed by atoms with Crippen molar-refractivity contribution in [3.05, 3.63) is 12.5 Å². The molecule has 1 aliphatic rings. The van der Waals surface area contributed by atoms with Crippen LogP contribution in [0.3, 0.4) is 0 Å². The fraction of sp³-hybridized carbons (Fsp3) is 0.583. The average molecular weight is 417 g/mol. The minimum Gasteiger partial charge on any atom is -0.425 e. The van der Waals surface area contributed by atoms with E-state index in [1.807, 2.05) is 0 Å². The van der Waals surface area contributed by atoms with E-state index in [0.717, 1.165) is 17.7 Å². The number of piperidine rings is 1. The second-order valence-electron chi connectivity index (χ2n) is 4.96. The molecule has 1 saturated heterocycles. The van der Waals surface area contributed by atoms with Crippen LogP contribution in [0.2, 0.25) is 0 Å². The predicted octanol–water partition coefficient (Wildman–Crippen LogP) is 1.60. The molecule has 0 aliphatic carbocycles. The van der Waals surface area contributed by atoms with Crippen molar-refractivity contribution in [3.63, 3.8) is 0 Å². The number of hydrogen-bond acceptors (Lipinski definition) is 4. The van der Waals surface area contributed by atoms with Gasteiger partial charge in [0.15, 0.2) is 0 Å². The summed E-state index contributed by atoms with van der Waals surface area (Å²) in [6, 6.07) is 0.527. The number of hydrogen-bond donors (Lipinski definition) is 0. The third-order valence-electron chi connectivity index (χ3n) is 3.57. The molecule has 0 aromatic carbocycles. The summed E-state index contributed by atoms with van der Waals surface area (Å²) >= 11 is 0. The van der Waals surface area contributed by atoms with Gasteiger partial charge in [0.1, 0.15) is 5.82 Å². The first kappa shape index (κ1) is 13.4. The zero-order valence-corrected chi connectivity index (χ0v) is 13.3. The summed E-state index contributed by atoms with van der Waals surface area (Å²) in [7, 11) is 0. The van der Waals surface area contributed by atoms with Crippen LogP contribution in [0.15, 0.2) is 12.5 Å². The first-order valence-electron chi connectivity index (χ1n) is 6.11. The van der Waals surface area contributed by atoms with Gasteiger partial charge in [-0.3, -0.25) is 5.10 Å². The van der Waals surface area contributed by atoms with Gasteiger partial charge in [0.2, 0.25) is 0 Å². The largest absolute Gasteiger partial charge is 0.425 e. The summed E-state index contributed by atoms with van der Waals surface area (Å²) in [5.41, 5.74) is 0.695. The summed E-state index contributed by atoms with van der Waals surface area (Å²) in [6.45, 7) is 5.60. The smallest absolute Gasteiger partial charge is 0.137 e. The van der Waals surface area contributed by atoms with Gasteiger partial charge in [-0.25, -0.2) is 4.98 Å². The maximum Gasteiger partial charge on any atom is 0.137 e. The van der Waals surface area contributed by atoms with Crippen molar-refractivity contribution in [3.8, 4) is 0 Å². The Balaban J connectivity index is 0.00000120. The Morgan fingerprint density at radius 3 is 2.94 bits per heavy atom. The molecule has 1 aliphatic heterocycles. The maximum atomic E-state index is 4.42. The van der Waals surface area contributed by atoms with Crippen molar-refractivity contribution in [2.75, 3.05) is 11.4 Å². The van der Waals surface area contributed by atoms with Gasteiger partial charge in [-0.2, -0.15) is 0 Å². The predicted molar refractivity (Wildman–Crippen MR) is 65.9 cm³/mol. The van der Waals surface area contributed by atoms with Crippen molar-refractivity contribution in [1.82, 2.24) is 20.2 Å². The molecule has 97 valence electrons. The van der Waals surface area contributed by atoms with Crippen LogP contribution in [0.5, 0.6) is 0 Å². The Labute approximate surface area is 120 Å². The molecule has 0 spiro atoms. The van der Waals surface area contributed by atoms with Gasteiger partial charge in [0.05, 0.1) is 0 Å². The van der Waals surface area contributed by atoms with E-state index in [9.17, 15) is 0 Å². The van der Waals surface area contributed by atoms with E-state index >= 15 is 0 Å². The van der Waals surface area contributed by atoms with Crippen molar-refractivity contribution in [1.29, 1.82) is 0 Å². The van der Waals surface area contributed by atoms with E-state index in [1.54, 1.807) is 12.5 Å². The number of rotatable bonds is 1. The molecule has 3 heterocycles. The van der Waals surface area contributed by atoms with E-state index in [2.05, 4.69) is 38.9 Å². The third kappa shape index (κ3) is 2.27. The SMILES string of the molecule is CC1CC[C@H](C)N(c2ncnc3[n-]ncc23)C1.[Re]. The van der Waals surface area contributed by atoms with E-state index in [1.165, 1.54) is 12.8 Å². The van der Waals surface area contributed by atoms with Crippen LogP contribution in [0.1, 0.15) is 26.7 Å². The Morgan fingerprint density at radius 1 is 1.28 bits per heavy atom. The number of nitrogens with zero attached hydrogens (tertiary/aromatic N) is 5. The van der Waals surface area contributed by atoms with Gasteiger partial charge >= 0.3 is 0 Å². The molecule has 1 radical (unpaired) electrons. The standard InChI is InChI=1S/C12H16N5.Re/c1-8-3-4-9(2)17(6-8)12-10-5-15-16-11(10)13-7-14-12;/h5,7-9H,3-4,6H2,1-2H3;/q-1;/t8?,9-;/m0./s1. The molecule has 0 bridgehead atoms. The van der Waals surface area contributed by atoms with Crippen molar-refractivity contribution in [2.45, 2.75) is 32.7 Å². The Kier molecular flexibility index (Phi) is 3.98. The van der Waals surface area contributed by atoms with Gasteiger partial charge in [-0.15, -0.1) is 0 Å². The maximum absolute atomic E-state index is 4.42. The fourth-order valence-electron chi connectivity index (χ4n) is 2.53. The Morgan fingerprint density at radius 2 is 2.11 bits per heavy atom. The molecule has 1 fully saturated rings. The number of fused-ring (bicyclic) bond motifs is 1. The fourth-order valence-corrected chi connectivity index (χ4v) is 2.53. The zero-order valence-electron chi connectivity index (χ0n) is 10.5. The van der Waals surface area contributed by atoms with Crippen LogP contribution in [0.4, 0.5) is 5.82 Å². The summed E-state index contributed by atoms with van der Waals surface area (Å²) in [6.07, 6.45) is 5.85.